The summed E-state index contributed by atoms with van der Waals surface area (Å²) in [6.45, 7) is 8.53. The van der Waals surface area contributed by atoms with E-state index >= 15 is 0 Å². The third-order valence-electron chi connectivity index (χ3n) is 2.53. The van der Waals surface area contributed by atoms with Crippen molar-refractivity contribution in [3.05, 3.63) is 36.9 Å². The number of hydrogen-bond acceptors (Lipinski definition) is 1. The van der Waals surface area contributed by atoms with Crippen LogP contribution in [0, 0.1) is 0 Å². The molecular formula is C12H18OSi. The highest BCUT2D eigenvalue weighted by molar-refractivity contribution is 6.90. The van der Waals surface area contributed by atoms with Gasteiger partial charge in [-0.3, -0.25) is 0 Å². The molecule has 0 aliphatic carbocycles. The molecule has 0 atom stereocenters. The molecule has 1 aromatic rings. The predicted molar refractivity (Wildman–Crippen MR) is 65.1 cm³/mol. The summed E-state index contributed by atoms with van der Waals surface area (Å²) in [7, 11) is 0.407. The first kappa shape index (κ1) is 11.1. The maximum Gasteiger partial charge on any atom is 0.118 e. The van der Waals surface area contributed by atoms with Gasteiger partial charge in [0.25, 0.3) is 0 Å². The molecule has 1 nitrogen and oxygen atoms in total. The largest absolute Gasteiger partial charge is 0.497 e. The van der Waals surface area contributed by atoms with Crippen LogP contribution in [0.15, 0.2) is 36.9 Å². The number of rotatable bonds is 4. The fourth-order valence-electron chi connectivity index (χ4n) is 1.52. The summed E-state index contributed by atoms with van der Waals surface area (Å²) in [6.07, 6.45) is 2.02. The first-order valence-corrected chi connectivity index (χ1v) is 8.06. The highest BCUT2D eigenvalue weighted by atomic mass is 28.3. The lowest BCUT2D eigenvalue weighted by Gasteiger charge is -2.21. The van der Waals surface area contributed by atoms with Gasteiger partial charge in [-0.25, -0.2) is 0 Å². The van der Waals surface area contributed by atoms with Crippen LogP contribution < -0.4 is 9.92 Å². The van der Waals surface area contributed by atoms with Gasteiger partial charge < -0.3 is 4.74 Å². The second-order valence-electron chi connectivity index (χ2n) is 4.11. The van der Waals surface area contributed by atoms with Gasteiger partial charge in [0.05, 0.1) is 15.2 Å². The Labute approximate surface area is 87.4 Å². The van der Waals surface area contributed by atoms with Gasteiger partial charge in [0.1, 0.15) is 5.75 Å². The minimum absolute atomic E-state index is 0.928. The molecule has 0 saturated heterocycles. The Kier molecular flexibility index (Phi) is 3.53. The van der Waals surface area contributed by atoms with Gasteiger partial charge in [0.2, 0.25) is 0 Å². The van der Waals surface area contributed by atoms with Gasteiger partial charge in [-0.2, -0.15) is 0 Å². The topological polar surface area (TPSA) is 9.23 Å². The average molecular weight is 206 g/mol. The summed E-state index contributed by atoms with van der Waals surface area (Å²) >= 11 is 0. The van der Waals surface area contributed by atoms with E-state index in [0.29, 0.717) is 0 Å². The van der Waals surface area contributed by atoms with Crippen molar-refractivity contribution in [1.29, 1.82) is 0 Å². The summed E-state index contributed by atoms with van der Waals surface area (Å²) in [6, 6.07) is 9.54. The van der Waals surface area contributed by atoms with E-state index in [4.69, 9.17) is 4.74 Å². The first-order chi connectivity index (χ1) is 6.60. The number of hydrogen-bond donors (Lipinski definition) is 0. The van der Waals surface area contributed by atoms with Crippen molar-refractivity contribution in [1.82, 2.24) is 0 Å². The Morgan fingerprint density at radius 2 is 1.86 bits per heavy atom. The monoisotopic (exact) mass is 206 g/mol. The van der Waals surface area contributed by atoms with Gasteiger partial charge in [-0.05, 0) is 18.2 Å². The quantitative estimate of drug-likeness (QED) is 0.544. The van der Waals surface area contributed by atoms with Gasteiger partial charge in [-0.1, -0.05) is 36.5 Å². The van der Waals surface area contributed by atoms with Crippen LogP contribution in [0.1, 0.15) is 0 Å². The average Bonchev–Trinajstić information content (AvgIpc) is 2.18. The molecule has 0 aliphatic rings. The smallest absolute Gasteiger partial charge is 0.118 e. The van der Waals surface area contributed by atoms with Crippen molar-refractivity contribution in [2.45, 2.75) is 19.1 Å². The van der Waals surface area contributed by atoms with Gasteiger partial charge >= 0.3 is 0 Å². The molecule has 1 rings (SSSR count). The van der Waals surface area contributed by atoms with E-state index in [1.54, 1.807) is 7.11 Å². The van der Waals surface area contributed by atoms with Crippen molar-refractivity contribution >= 4 is 13.3 Å². The summed E-state index contributed by atoms with van der Waals surface area (Å²) in [5, 5.41) is 1.46. The normalized spacial score (nSPS) is 11.1. The SMILES string of the molecule is C=CC[Si](C)(C)c1ccc(OC)cc1. The molecule has 2 heteroatoms. The van der Waals surface area contributed by atoms with Gasteiger partial charge in [0, 0.05) is 0 Å². The fraction of sp³-hybridized carbons (Fsp3) is 0.333. The van der Waals surface area contributed by atoms with Crippen LogP contribution in [-0.2, 0) is 0 Å². The summed E-state index contributed by atoms with van der Waals surface area (Å²) < 4.78 is 5.14. The molecule has 0 aliphatic heterocycles. The Balaban J connectivity index is 2.90. The minimum Gasteiger partial charge on any atom is -0.497 e. The molecule has 0 unspecified atom stereocenters. The van der Waals surface area contributed by atoms with Crippen LogP contribution in [0.5, 0.6) is 5.75 Å². The van der Waals surface area contributed by atoms with Crippen molar-refractivity contribution < 1.29 is 4.74 Å². The van der Waals surface area contributed by atoms with Crippen LogP contribution >= 0.6 is 0 Å². The standard InChI is InChI=1S/C12H18OSi/c1-5-10-14(3,4)12-8-6-11(13-2)7-9-12/h5-9H,1,10H2,2-4H3. The van der Waals surface area contributed by atoms with E-state index in [0.717, 1.165) is 11.8 Å². The Morgan fingerprint density at radius 1 is 1.29 bits per heavy atom. The maximum absolute atomic E-state index is 5.14. The van der Waals surface area contributed by atoms with E-state index < -0.39 is 8.07 Å². The van der Waals surface area contributed by atoms with Crippen molar-refractivity contribution in [2.75, 3.05) is 7.11 Å². The molecule has 0 fully saturated rings. The lowest BCUT2D eigenvalue weighted by Crippen LogP contribution is -2.40. The van der Waals surface area contributed by atoms with E-state index in [2.05, 4.69) is 31.8 Å². The second-order valence-corrected chi connectivity index (χ2v) is 8.86. The molecule has 0 heterocycles. The lowest BCUT2D eigenvalue weighted by atomic mass is 10.3. The predicted octanol–water partition coefficient (Wildman–Crippen LogP) is 2.80. The Bertz CT molecular complexity index is 301. The molecule has 76 valence electrons. The van der Waals surface area contributed by atoms with Crippen LogP contribution in [0.25, 0.3) is 0 Å². The lowest BCUT2D eigenvalue weighted by molar-refractivity contribution is 0.415. The van der Waals surface area contributed by atoms with Crippen molar-refractivity contribution in [2.24, 2.45) is 0 Å². The Hall–Kier alpha value is -1.02. The maximum atomic E-state index is 5.14. The number of benzene rings is 1. The second kappa shape index (κ2) is 4.47. The van der Waals surface area contributed by atoms with E-state index in [1.807, 2.05) is 18.2 Å². The number of methoxy groups -OCH3 is 1. The van der Waals surface area contributed by atoms with Crippen molar-refractivity contribution in [3.8, 4) is 5.75 Å². The van der Waals surface area contributed by atoms with Crippen LogP contribution in [0.3, 0.4) is 0 Å². The molecule has 0 radical (unpaired) electrons. The molecule has 0 aromatic heterocycles. The third kappa shape index (κ3) is 2.48. The molecule has 0 bridgehead atoms. The van der Waals surface area contributed by atoms with Crippen molar-refractivity contribution in [3.63, 3.8) is 0 Å². The first-order valence-electron chi connectivity index (χ1n) is 4.85. The van der Waals surface area contributed by atoms with Gasteiger partial charge in [0.15, 0.2) is 0 Å². The molecule has 0 N–H and O–H groups in total. The molecule has 0 amide bonds. The zero-order valence-corrected chi connectivity index (χ0v) is 10.2. The number of ether oxygens (including phenoxy) is 1. The van der Waals surface area contributed by atoms with Crippen LogP contribution in [0.4, 0.5) is 0 Å². The number of allylic oxidation sites excluding steroid dienone is 1. The van der Waals surface area contributed by atoms with E-state index in [-0.39, 0.29) is 0 Å². The summed E-state index contributed by atoms with van der Waals surface area (Å²) in [5.74, 6) is 0.928. The van der Waals surface area contributed by atoms with E-state index in [9.17, 15) is 0 Å². The molecule has 0 saturated carbocycles. The molecular weight excluding hydrogens is 188 g/mol. The Morgan fingerprint density at radius 3 is 2.29 bits per heavy atom. The molecule has 0 spiro atoms. The molecule has 1 aromatic carbocycles. The summed E-state index contributed by atoms with van der Waals surface area (Å²) in [5.41, 5.74) is 0. The van der Waals surface area contributed by atoms with Crippen LogP contribution in [0.2, 0.25) is 19.1 Å². The van der Waals surface area contributed by atoms with Crippen LogP contribution in [-0.4, -0.2) is 15.2 Å². The molecule has 14 heavy (non-hydrogen) atoms. The minimum atomic E-state index is -1.29. The zero-order chi connectivity index (χ0) is 10.6. The highest BCUT2D eigenvalue weighted by Crippen LogP contribution is 2.13. The summed E-state index contributed by atoms with van der Waals surface area (Å²) in [4.78, 5) is 0. The fourth-order valence-corrected chi connectivity index (χ4v) is 3.55. The third-order valence-corrected chi connectivity index (χ3v) is 5.73. The highest BCUT2D eigenvalue weighted by Gasteiger charge is 2.21. The van der Waals surface area contributed by atoms with Gasteiger partial charge in [-0.15, -0.1) is 6.58 Å². The zero-order valence-electron chi connectivity index (χ0n) is 9.21. The van der Waals surface area contributed by atoms with E-state index in [1.165, 1.54) is 5.19 Å².